The van der Waals surface area contributed by atoms with E-state index in [4.69, 9.17) is 0 Å². The second-order valence-corrected chi connectivity index (χ2v) is 4.53. The first-order valence-electron chi connectivity index (χ1n) is 5.94. The van der Waals surface area contributed by atoms with Crippen LogP contribution in [0.4, 0.5) is 13.2 Å². The molecule has 0 radical (unpaired) electrons. The molecule has 1 aliphatic heterocycles. The van der Waals surface area contributed by atoms with E-state index in [0.29, 0.717) is 11.9 Å². The van der Waals surface area contributed by atoms with Gasteiger partial charge in [0.2, 0.25) is 0 Å². The van der Waals surface area contributed by atoms with Gasteiger partial charge in [-0.25, -0.2) is 0 Å². The van der Waals surface area contributed by atoms with Crippen LogP contribution in [0, 0.1) is 5.92 Å². The average Bonchev–Trinajstić information content (AvgIpc) is 2.23. The van der Waals surface area contributed by atoms with Gasteiger partial charge in [0, 0.05) is 26.7 Å². The number of nitrogens with zero attached hydrogens (tertiary/aromatic N) is 2. The summed E-state index contributed by atoms with van der Waals surface area (Å²) in [5.74, 6) is 1.16. The van der Waals surface area contributed by atoms with Crippen LogP contribution in [0.25, 0.3) is 0 Å². The highest BCUT2D eigenvalue weighted by atomic mass is 127. The molecule has 0 spiro atoms. The first kappa shape index (κ1) is 17.8. The summed E-state index contributed by atoms with van der Waals surface area (Å²) in [6.07, 6.45) is -2.69. The van der Waals surface area contributed by atoms with Crippen LogP contribution in [0.3, 0.4) is 0 Å². The molecule has 0 aromatic heterocycles. The topological polar surface area (TPSA) is 27.6 Å². The van der Waals surface area contributed by atoms with Crippen molar-refractivity contribution in [3.63, 3.8) is 0 Å². The smallest absolute Gasteiger partial charge is 0.356 e. The highest BCUT2D eigenvalue weighted by Gasteiger charge is 2.27. The summed E-state index contributed by atoms with van der Waals surface area (Å²) in [5, 5.41) is 2.77. The predicted molar refractivity (Wildman–Crippen MR) is 77.4 cm³/mol. The molecule has 7 heteroatoms. The molecule has 0 saturated carbocycles. The molecule has 1 N–H and O–H groups in total. The van der Waals surface area contributed by atoms with Gasteiger partial charge in [0.1, 0.15) is 0 Å². The molecule has 108 valence electrons. The Kier molecular flexibility index (Phi) is 7.97. The largest absolute Gasteiger partial charge is 0.390 e. The van der Waals surface area contributed by atoms with E-state index < -0.39 is 12.6 Å². The Morgan fingerprint density at radius 2 is 2.11 bits per heavy atom. The second kappa shape index (κ2) is 8.06. The fraction of sp³-hybridized carbons (Fsp3) is 0.909. The third-order valence-electron chi connectivity index (χ3n) is 2.86. The maximum atomic E-state index is 12.0. The third kappa shape index (κ3) is 6.65. The Hall–Kier alpha value is -0.210. The molecule has 0 aliphatic carbocycles. The number of likely N-dealkylation sites (tertiary alicyclic amines) is 1. The summed E-state index contributed by atoms with van der Waals surface area (Å²) in [5.41, 5.74) is 0. The molecule has 1 fully saturated rings. The zero-order valence-electron chi connectivity index (χ0n) is 10.8. The fourth-order valence-corrected chi connectivity index (χ4v) is 2.03. The van der Waals surface area contributed by atoms with Crippen LogP contribution in [0.2, 0.25) is 0 Å². The van der Waals surface area contributed by atoms with Crippen LogP contribution in [0.1, 0.15) is 26.2 Å². The lowest BCUT2D eigenvalue weighted by atomic mass is 10.0. The van der Waals surface area contributed by atoms with Gasteiger partial charge in [-0.3, -0.25) is 4.99 Å². The first-order chi connectivity index (χ1) is 7.92. The van der Waals surface area contributed by atoms with Crippen LogP contribution >= 0.6 is 24.0 Å². The van der Waals surface area contributed by atoms with Crippen LogP contribution in [0.15, 0.2) is 4.99 Å². The standard InChI is InChI=1S/C11H20F3N3.HI/c1-9-4-3-7-17(8-9)10(15-2)16-6-5-11(12,13)14;/h9H,3-8H2,1-2H3,(H,15,16);1H. The second-order valence-electron chi connectivity index (χ2n) is 4.53. The molecule has 1 saturated heterocycles. The maximum absolute atomic E-state index is 12.0. The van der Waals surface area contributed by atoms with Gasteiger partial charge in [0.05, 0.1) is 6.42 Å². The van der Waals surface area contributed by atoms with Crippen LogP contribution in [-0.2, 0) is 0 Å². The number of nitrogens with one attached hydrogen (secondary N) is 1. The van der Waals surface area contributed by atoms with Crippen molar-refractivity contribution in [2.75, 3.05) is 26.7 Å². The van der Waals surface area contributed by atoms with Crippen molar-refractivity contribution >= 4 is 29.9 Å². The Balaban J connectivity index is 0.00000289. The monoisotopic (exact) mass is 379 g/mol. The SMILES string of the molecule is CN=C(NCCC(F)(F)F)N1CCCC(C)C1.I. The number of halogens is 4. The molecule has 1 atom stereocenters. The number of piperidine rings is 1. The molecule has 0 amide bonds. The summed E-state index contributed by atoms with van der Waals surface area (Å²) in [7, 11) is 1.61. The van der Waals surface area contributed by atoms with Crippen molar-refractivity contribution in [3.05, 3.63) is 0 Å². The quantitative estimate of drug-likeness (QED) is 0.454. The van der Waals surface area contributed by atoms with Gasteiger partial charge in [0.15, 0.2) is 5.96 Å². The number of guanidine groups is 1. The molecule has 0 aromatic carbocycles. The summed E-state index contributed by atoms with van der Waals surface area (Å²) in [6, 6.07) is 0. The van der Waals surface area contributed by atoms with Crippen molar-refractivity contribution in [2.24, 2.45) is 10.9 Å². The van der Waals surface area contributed by atoms with Crippen LogP contribution in [-0.4, -0.2) is 43.7 Å². The average molecular weight is 379 g/mol. The minimum Gasteiger partial charge on any atom is -0.356 e. The van der Waals surface area contributed by atoms with Crippen LogP contribution in [0.5, 0.6) is 0 Å². The normalized spacial score (nSPS) is 21.5. The highest BCUT2D eigenvalue weighted by Crippen LogP contribution is 2.19. The molecule has 1 heterocycles. The number of hydrogen-bond acceptors (Lipinski definition) is 1. The lowest BCUT2D eigenvalue weighted by Gasteiger charge is -2.33. The van der Waals surface area contributed by atoms with Gasteiger partial charge in [-0.1, -0.05) is 6.92 Å². The third-order valence-corrected chi connectivity index (χ3v) is 2.86. The zero-order chi connectivity index (χ0) is 12.9. The summed E-state index contributed by atoms with van der Waals surface area (Å²) in [6.45, 7) is 3.78. The van der Waals surface area contributed by atoms with E-state index in [2.05, 4.69) is 17.2 Å². The van der Waals surface area contributed by atoms with E-state index in [1.54, 1.807) is 7.05 Å². The van der Waals surface area contributed by atoms with Gasteiger partial charge >= 0.3 is 6.18 Å². The van der Waals surface area contributed by atoms with Crippen LogP contribution < -0.4 is 5.32 Å². The van der Waals surface area contributed by atoms with Gasteiger partial charge in [0.25, 0.3) is 0 Å². The minimum absolute atomic E-state index is 0. The Morgan fingerprint density at radius 1 is 1.44 bits per heavy atom. The maximum Gasteiger partial charge on any atom is 0.390 e. The number of aliphatic imine (C=N–C) groups is 1. The van der Waals surface area contributed by atoms with E-state index in [-0.39, 0.29) is 30.5 Å². The fourth-order valence-electron chi connectivity index (χ4n) is 2.03. The number of alkyl halides is 3. The summed E-state index contributed by atoms with van der Waals surface area (Å²) >= 11 is 0. The van der Waals surface area contributed by atoms with Crippen molar-refractivity contribution in [1.82, 2.24) is 10.2 Å². The molecule has 0 aromatic rings. The van der Waals surface area contributed by atoms with E-state index in [1.165, 1.54) is 6.42 Å². The van der Waals surface area contributed by atoms with Crippen molar-refractivity contribution in [1.29, 1.82) is 0 Å². The highest BCUT2D eigenvalue weighted by molar-refractivity contribution is 14.0. The summed E-state index contributed by atoms with van der Waals surface area (Å²) < 4.78 is 36.1. The molecule has 3 nitrogen and oxygen atoms in total. The van der Waals surface area contributed by atoms with Gasteiger partial charge in [-0.2, -0.15) is 13.2 Å². The molecule has 1 unspecified atom stereocenters. The number of rotatable bonds is 2. The van der Waals surface area contributed by atoms with E-state index in [1.807, 2.05) is 4.90 Å². The predicted octanol–water partition coefficient (Wildman–Crippen LogP) is 2.86. The molecule has 18 heavy (non-hydrogen) atoms. The van der Waals surface area contributed by atoms with Gasteiger partial charge < -0.3 is 10.2 Å². The summed E-state index contributed by atoms with van der Waals surface area (Å²) in [4.78, 5) is 6.06. The minimum atomic E-state index is -4.11. The van der Waals surface area contributed by atoms with Gasteiger partial charge in [-0.15, -0.1) is 24.0 Å². The molecule has 1 aliphatic rings. The molecule has 1 rings (SSSR count). The van der Waals surface area contributed by atoms with Gasteiger partial charge in [-0.05, 0) is 18.8 Å². The number of hydrogen-bond donors (Lipinski definition) is 1. The van der Waals surface area contributed by atoms with Crippen molar-refractivity contribution in [2.45, 2.75) is 32.4 Å². The zero-order valence-corrected chi connectivity index (χ0v) is 13.1. The van der Waals surface area contributed by atoms with E-state index in [0.717, 1.165) is 19.5 Å². The Labute approximate surface area is 123 Å². The lowest BCUT2D eigenvalue weighted by Crippen LogP contribution is -2.46. The van der Waals surface area contributed by atoms with E-state index >= 15 is 0 Å². The Bertz CT molecular complexity index is 269. The molecule has 0 bridgehead atoms. The first-order valence-corrected chi connectivity index (χ1v) is 5.94. The molecular formula is C11H21F3IN3. The molecular weight excluding hydrogens is 358 g/mol. The lowest BCUT2D eigenvalue weighted by molar-refractivity contribution is -0.132. The van der Waals surface area contributed by atoms with Crippen molar-refractivity contribution < 1.29 is 13.2 Å². The Morgan fingerprint density at radius 3 is 2.61 bits per heavy atom. The van der Waals surface area contributed by atoms with E-state index in [9.17, 15) is 13.2 Å². The van der Waals surface area contributed by atoms with Crippen molar-refractivity contribution in [3.8, 4) is 0 Å².